The number of ketones is 1. The lowest BCUT2D eigenvalue weighted by Gasteiger charge is -2.03. The molecule has 118 valence electrons. The zero-order valence-electron chi connectivity index (χ0n) is 12.4. The van der Waals surface area contributed by atoms with Crippen LogP contribution in [0.5, 0.6) is 0 Å². The molecule has 24 heavy (non-hydrogen) atoms. The van der Waals surface area contributed by atoms with Crippen LogP contribution in [0.4, 0.5) is 11.5 Å². The summed E-state index contributed by atoms with van der Waals surface area (Å²) in [4.78, 5) is 12.6. The summed E-state index contributed by atoms with van der Waals surface area (Å²) >= 11 is 5.83. The maximum Gasteiger partial charge on any atom is 0.215 e. The Labute approximate surface area is 142 Å². The number of carbonyl (C=O) groups is 1. The van der Waals surface area contributed by atoms with Gasteiger partial charge in [-0.1, -0.05) is 11.6 Å². The van der Waals surface area contributed by atoms with Crippen molar-refractivity contribution in [2.45, 2.75) is 0 Å². The number of nitrogens with two attached hydrogens (primary N) is 2. The van der Waals surface area contributed by atoms with Gasteiger partial charge in [0.2, 0.25) is 5.78 Å². The van der Waals surface area contributed by atoms with Crippen molar-refractivity contribution in [2.75, 3.05) is 11.5 Å². The van der Waals surface area contributed by atoms with E-state index in [1.807, 2.05) is 6.07 Å². The summed E-state index contributed by atoms with van der Waals surface area (Å²) in [6, 6.07) is 15.1. The Morgan fingerprint density at radius 3 is 2.29 bits per heavy atom. The van der Waals surface area contributed by atoms with E-state index in [4.69, 9.17) is 28.3 Å². The van der Waals surface area contributed by atoms with Crippen LogP contribution in [0.3, 0.4) is 0 Å². The predicted molar refractivity (Wildman–Crippen MR) is 92.0 cm³/mol. The third-order valence-corrected chi connectivity index (χ3v) is 3.77. The topological polar surface area (TPSA) is 111 Å². The van der Waals surface area contributed by atoms with E-state index >= 15 is 0 Å². The van der Waals surface area contributed by atoms with Crippen LogP contribution in [-0.4, -0.2) is 15.6 Å². The number of nitriles is 1. The van der Waals surface area contributed by atoms with Crippen LogP contribution in [0.2, 0.25) is 5.02 Å². The third-order valence-electron chi connectivity index (χ3n) is 3.52. The highest BCUT2D eigenvalue weighted by atomic mass is 35.5. The molecule has 2 aromatic carbocycles. The van der Waals surface area contributed by atoms with Crippen molar-refractivity contribution in [1.29, 1.82) is 5.26 Å². The van der Waals surface area contributed by atoms with Gasteiger partial charge < -0.3 is 11.5 Å². The number of nitrogen functional groups attached to an aromatic ring is 2. The second kappa shape index (κ2) is 6.07. The SMILES string of the molecule is N#Cc1ccc(-n2nc(C(=O)c3ccc(Cl)cc3)c(N)c2N)cc1. The van der Waals surface area contributed by atoms with E-state index in [9.17, 15) is 4.79 Å². The number of aromatic nitrogens is 2. The molecule has 6 nitrogen and oxygen atoms in total. The lowest BCUT2D eigenvalue weighted by atomic mass is 10.1. The molecule has 0 unspecified atom stereocenters. The van der Waals surface area contributed by atoms with E-state index in [0.29, 0.717) is 21.8 Å². The first-order valence-electron chi connectivity index (χ1n) is 6.96. The van der Waals surface area contributed by atoms with Crippen LogP contribution in [0, 0.1) is 11.3 Å². The smallest absolute Gasteiger partial charge is 0.215 e. The Kier molecular flexibility index (Phi) is 3.94. The van der Waals surface area contributed by atoms with Gasteiger partial charge in [0.05, 0.1) is 17.3 Å². The van der Waals surface area contributed by atoms with Gasteiger partial charge in [-0.05, 0) is 48.5 Å². The van der Waals surface area contributed by atoms with Crippen molar-refractivity contribution in [3.63, 3.8) is 0 Å². The summed E-state index contributed by atoms with van der Waals surface area (Å²) < 4.78 is 1.37. The van der Waals surface area contributed by atoms with E-state index in [0.717, 1.165) is 0 Å². The number of hydrogen-bond acceptors (Lipinski definition) is 5. The molecule has 0 aliphatic carbocycles. The first-order valence-corrected chi connectivity index (χ1v) is 7.34. The molecule has 7 heteroatoms. The standard InChI is InChI=1S/C17H12ClN5O/c18-12-5-3-11(4-6-12)16(24)15-14(20)17(21)23(22-15)13-7-1-10(9-19)2-8-13/h1-8H,20-21H2. The summed E-state index contributed by atoms with van der Waals surface area (Å²) in [5, 5.41) is 13.6. The van der Waals surface area contributed by atoms with E-state index in [1.54, 1.807) is 48.5 Å². The Morgan fingerprint density at radius 2 is 1.71 bits per heavy atom. The van der Waals surface area contributed by atoms with Gasteiger partial charge in [-0.3, -0.25) is 4.79 Å². The normalized spacial score (nSPS) is 10.3. The van der Waals surface area contributed by atoms with Gasteiger partial charge in [0, 0.05) is 10.6 Å². The van der Waals surface area contributed by atoms with Gasteiger partial charge in [-0.15, -0.1) is 0 Å². The van der Waals surface area contributed by atoms with Gasteiger partial charge in [0.25, 0.3) is 0 Å². The number of anilines is 2. The first kappa shape index (κ1) is 15.6. The average Bonchev–Trinajstić information content (AvgIpc) is 2.90. The number of halogens is 1. The molecule has 0 fully saturated rings. The van der Waals surface area contributed by atoms with Crippen molar-refractivity contribution in [3.05, 3.63) is 70.4 Å². The predicted octanol–water partition coefficient (Wildman–Crippen LogP) is 2.79. The van der Waals surface area contributed by atoms with Crippen molar-refractivity contribution < 1.29 is 4.79 Å². The van der Waals surface area contributed by atoms with E-state index < -0.39 is 0 Å². The molecular weight excluding hydrogens is 326 g/mol. The maximum atomic E-state index is 12.6. The quantitative estimate of drug-likeness (QED) is 0.714. The summed E-state index contributed by atoms with van der Waals surface area (Å²) in [6.07, 6.45) is 0. The molecule has 1 heterocycles. The fourth-order valence-electron chi connectivity index (χ4n) is 2.22. The minimum absolute atomic E-state index is 0.0687. The highest BCUT2D eigenvalue weighted by molar-refractivity contribution is 6.30. The zero-order valence-corrected chi connectivity index (χ0v) is 13.2. The van der Waals surface area contributed by atoms with E-state index in [1.165, 1.54) is 4.68 Å². The lowest BCUT2D eigenvalue weighted by Crippen LogP contribution is -2.06. The summed E-state index contributed by atoms with van der Waals surface area (Å²) in [6.45, 7) is 0. The molecule has 0 amide bonds. The minimum Gasteiger partial charge on any atom is -0.394 e. The molecule has 0 spiro atoms. The Hall–Kier alpha value is -3.30. The summed E-state index contributed by atoms with van der Waals surface area (Å²) in [7, 11) is 0. The number of benzene rings is 2. The van der Waals surface area contributed by atoms with Gasteiger partial charge in [0.1, 0.15) is 5.69 Å². The van der Waals surface area contributed by atoms with Crippen LogP contribution in [-0.2, 0) is 0 Å². The van der Waals surface area contributed by atoms with Crippen LogP contribution in [0.1, 0.15) is 21.6 Å². The lowest BCUT2D eigenvalue weighted by molar-refractivity contribution is 0.103. The fraction of sp³-hybridized carbons (Fsp3) is 0. The number of rotatable bonds is 3. The van der Waals surface area contributed by atoms with Crippen molar-refractivity contribution in [3.8, 4) is 11.8 Å². The van der Waals surface area contributed by atoms with Gasteiger partial charge >= 0.3 is 0 Å². The van der Waals surface area contributed by atoms with Crippen molar-refractivity contribution in [2.24, 2.45) is 0 Å². The minimum atomic E-state index is -0.344. The molecule has 1 aromatic heterocycles. The Balaban J connectivity index is 2.03. The highest BCUT2D eigenvalue weighted by Gasteiger charge is 2.21. The van der Waals surface area contributed by atoms with Crippen LogP contribution in [0.15, 0.2) is 48.5 Å². The number of hydrogen-bond donors (Lipinski definition) is 2. The molecule has 4 N–H and O–H groups in total. The summed E-state index contributed by atoms with van der Waals surface area (Å²) in [5.74, 6) is -0.180. The average molecular weight is 338 g/mol. The monoisotopic (exact) mass is 337 g/mol. The second-order valence-electron chi connectivity index (χ2n) is 5.05. The number of nitrogens with zero attached hydrogens (tertiary/aromatic N) is 3. The number of carbonyl (C=O) groups excluding carboxylic acids is 1. The van der Waals surface area contributed by atoms with Gasteiger partial charge in [0.15, 0.2) is 11.5 Å². The van der Waals surface area contributed by atoms with Gasteiger partial charge in [-0.25, -0.2) is 4.68 Å². The zero-order chi connectivity index (χ0) is 17.3. The molecule has 0 aliphatic rings. The highest BCUT2D eigenvalue weighted by Crippen LogP contribution is 2.26. The van der Waals surface area contributed by atoms with Crippen LogP contribution in [0.25, 0.3) is 5.69 Å². The Bertz CT molecular complexity index is 952. The van der Waals surface area contributed by atoms with E-state index in [2.05, 4.69) is 5.10 Å². The van der Waals surface area contributed by atoms with Crippen LogP contribution < -0.4 is 11.5 Å². The van der Waals surface area contributed by atoms with Crippen LogP contribution >= 0.6 is 11.6 Å². The molecule has 3 aromatic rings. The van der Waals surface area contributed by atoms with Crippen molar-refractivity contribution in [1.82, 2.24) is 9.78 Å². The molecule has 0 saturated heterocycles. The third kappa shape index (κ3) is 2.69. The fourth-order valence-corrected chi connectivity index (χ4v) is 2.35. The first-order chi connectivity index (χ1) is 11.5. The molecular formula is C17H12ClN5O. The molecule has 0 bridgehead atoms. The molecule has 0 radical (unpaired) electrons. The largest absolute Gasteiger partial charge is 0.394 e. The van der Waals surface area contributed by atoms with E-state index in [-0.39, 0.29) is 23.0 Å². The van der Waals surface area contributed by atoms with Gasteiger partial charge in [-0.2, -0.15) is 10.4 Å². The molecule has 0 atom stereocenters. The molecule has 0 saturated carbocycles. The Morgan fingerprint density at radius 1 is 1.08 bits per heavy atom. The second-order valence-corrected chi connectivity index (χ2v) is 5.49. The summed E-state index contributed by atoms with van der Waals surface area (Å²) in [5.41, 5.74) is 13.6. The molecule has 0 aliphatic heterocycles. The molecule has 3 rings (SSSR count). The van der Waals surface area contributed by atoms with Crippen molar-refractivity contribution >= 4 is 28.9 Å². The maximum absolute atomic E-state index is 12.6.